The second-order valence-corrected chi connectivity index (χ2v) is 14.6. The average molecular weight is 744 g/mol. The van der Waals surface area contributed by atoms with Gasteiger partial charge in [0.15, 0.2) is 0 Å². The third-order valence-corrected chi connectivity index (χ3v) is 10.4. The number of pyridine rings is 1. The number of carbonyl (C=O) groups excluding carboxylic acids is 1. The van der Waals surface area contributed by atoms with Crippen molar-refractivity contribution in [3.63, 3.8) is 0 Å². The third kappa shape index (κ3) is 6.67. The number of aromatic amines is 1. The van der Waals surface area contributed by atoms with Crippen molar-refractivity contribution in [2.75, 3.05) is 4.72 Å². The molecule has 1 atom stereocenters. The summed E-state index contributed by atoms with van der Waals surface area (Å²) in [4.78, 5) is 31.5. The maximum atomic E-state index is 14.5. The van der Waals surface area contributed by atoms with Gasteiger partial charge in [-0.1, -0.05) is 119 Å². The van der Waals surface area contributed by atoms with Crippen molar-refractivity contribution in [1.82, 2.24) is 9.99 Å². The van der Waals surface area contributed by atoms with Crippen LogP contribution in [0.2, 0.25) is 0 Å². The number of hydrogen-bond acceptors (Lipinski definition) is 5. The Labute approximate surface area is 298 Å². The first kappa shape index (κ1) is 32.9. The number of amides is 1. The van der Waals surface area contributed by atoms with Crippen LogP contribution in [0.25, 0.3) is 28.1 Å². The summed E-state index contributed by atoms with van der Waals surface area (Å²) in [7, 11) is -4.01. The second kappa shape index (κ2) is 13.7. The van der Waals surface area contributed by atoms with Crippen LogP contribution in [-0.2, 0) is 10.0 Å². The predicted molar refractivity (Wildman–Crippen MR) is 203 cm³/mol. The molecule has 5 aromatic carbocycles. The smallest absolute Gasteiger partial charge is 0.276 e. The lowest BCUT2D eigenvalue weighted by Crippen LogP contribution is -2.32. The van der Waals surface area contributed by atoms with E-state index in [-0.39, 0.29) is 28.1 Å². The van der Waals surface area contributed by atoms with E-state index in [1.165, 1.54) is 17.1 Å². The van der Waals surface area contributed by atoms with Gasteiger partial charge in [0.25, 0.3) is 21.5 Å². The molecule has 2 heterocycles. The van der Waals surface area contributed by atoms with Crippen molar-refractivity contribution in [1.29, 1.82) is 0 Å². The van der Waals surface area contributed by atoms with Crippen LogP contribution >= 0.6 is 15.9 Å². The number of nitrogens with one attached hydrogen (secondary N) is 2. The Morgan fingerprint density at radius 3 is 2.30 bits per heavy atom. The molecule has 1 amide bonds. The molecule has 7 rings (SSSR count). The molecular weight excluding hydrogens is 712 g/mol. The predicted octanol–water partition coefficient (Wildman–Crippen LogP) is 8.40. The number of carbonyl (C=O) groups is 1. The van der Waals surface area contributed by atoms with Gasteiger partial charge in [-0.2, -0.15) is 5.10 Å². The quantitative estimate of drug-likeness (QED) is 0.163. The van der Waals surface area contributed by atoms with Gasteiger partial charge in [0.2, 0.25) is 0 Å². The monoisotopic (exact) mass is 742 g/mol. The van der Waals surface area contributed by atoms with Gasteiger partial charge in [-0.3, -0.25) is 14.3 Å². The maximum Gasteiger partial charge on any atom is 0.276 e. The lowest BCUT2D eigenvalue weighted by molar-refractivity contribution is 0.0743. The second-order valence-electron chi connectivity index (χ2n) is 12.0. The van der Waals surface area contributed by atoms with Crippen LogP contribution in [0.5, 0.6) is 0 Å². The number of hydrazone groups is 1. The number of fused-ring (bicyclic) bond motifs is 1. The fourth-order valence-electron chi connectivity index (χ4n) is 6.06. The molecule has 0 fully saturated rings. The number of benzene rings is 5. The summed E-state index contributed by atoms with van der Waals surface area (Å²) >= 11 is 3.58. The minimum atomic E-state index is -4.01. The zero-order valence-electron chi connectivity index (χ0n) is 26.9. The van der Waals surface area contributed by atoms with E-state index in [2.05, 4.69) is 25.6 Å². The van der Waals surface area contributed by atoms with Gasteiger partial charge in [0.1, 0.15) is 0 Å². The highest BCUT2D eigenvalue weighted by Gasteiger charge is 2.35. The molecular formula is C40H31BrN4O4S. The number of anilines is 1. The van der Waals surface area contributed by atoms with Crippen LogP contribution in [0.4, 0.5) is 5.69 Å². The Morgan fingerprint density at radius 1 is 0.880 bits per heavy atom. The Morgan fingerprint density at radius 2 is 1.56 bits per heavy atom. The highest BCUT2D eigenvalue weighted by Crippen LogP contribution is 2.35. The fourth-order valence-corrected chi connectivity index (χ4v) is 7.50. The van der Waals surface area contributed by atoms with Crippen molar-refractivity contribution in [2.45, 2.75) is 24.3 Å². The molecule has 0 saturated heterocycles. The summed E-state index contributed by atoms with van der Waals surface area (Å²) in [6, 6.07) is 37.3. The summed E-state index contributed by atoms with van der Waals surface area (Å²) in [6.45, 7) is 1.87. The zero-order valence-corrected chi connectivity index (χ0v) is 29.3. The summed E-state index contributed by atoms with van der Waals surface area (Å²) in [6.07, 6.45) is 4.04. The molecule has 0 spiro atoms. The molecule has 1 aromatic heterocycles. The highest BCUT2D eigenvalue weighted by atomic mass is 79.9. The molecule has 0 bridgehead atoms. The number of aromatic nitrogens is 1. The highest BCUT2D eigenvalue weighted by molar-refractivity contribution is 9.10. The first-order chi connectivity index (χ1) is 24.2. The normalized spacial score (nSPS) is 14.6. The van der Waals surface area contributed by atoms with Crippen molar-refractivity contribution in [3.8, 4) is 11.1 Å². The van der Waals surface area contributed by atoms with Gasteiger partial charge in [-0.05, 0) is 60.5 Å². The van der Waals surface area contributed by atoms with E-state index >= 15 is 0 Å². The fraction of sp³-hybridized carbons (Fsp3) is 0.0750. The van der Waals surface area contributed by atoms with Gasteiger partial charge in [-0.15, -0.1) is 0 Å². The number of sulfonamides is 1. The molecule has 50 heavy (non-hydrogen) atoms. The van der Waals surface area contributed by atoms with E-state index in [9.17, 15) is 18.0 Å². The van der Waals surface area contributed by atoms with Crippen molar-refractivity contribution < 1.29 is 13.2 Å². The van der Waals surface area contributed by atoms with E-state index in [0.717, 1.165) is 26.5 Å². The lowest BCUT2D eigenvalue weighted by Gasteiger charge is -2.21. The molecule has 2 N–H and O–H groups in total. The molecule has 6 aromatic rings. The number of H-pyrrole nitrogens is 1. The van der Waals surface area contributed by atoms with Crippen LogP contribution in [-0.4, -0.2) is 36.1 Å². The topological polar surface area (TPSA) is 112 Å². The van der Waals surface area contributed by atoms with Crippen LogP contribution < -0.4 is 10.3 Å². The SMILES string of the molecule is Cc1ccc(S(=O)(=O)Nc2ccccc2C(=O)N2N=C(c3c(-c4ccccc4)c4cc(Br)ccc4[nH]c3=O)C[C@H]2/C=C/c2ccccc2)cc1. The molecule has 0 unspecified atom stereocenters. The van der Waals surface area contributed by atoms with Crippen LogP contribution in [0.1, 0.15) is 33.5 Å². The van der Waals surface area contributed by atoms with Gasteiger partial charge < -0.3 is 4.98 Å². The Balaban J connectivity index is 1.35. The molecule has 1 aliphatic rings. The Kier molecular flexibility index (Phi) is 9.05. The minimum Gasteiger partial charge on any atom is -0.321 e. The van der Waals surface area contributed by atoms with Gasteiger partial charge in [-0.25, -0.2) is 13.4 Å². The third-order valence-electron chi connectivity index (χ3n) is 8.52. The standard InChI is InChI=1S/C40H31BrN4O4S/c1-26-16-21-31(22-17-26)50(48,49)44-35-15-9-8-14-32(35)40(47)45-30(20-18-27-10-4-2-5-11-27)25-36(43-45)38-37(28-12-6-3-7-13-28)33-24-29(41)19-23-34(33)42-39(38)46/h2-24,30,44H,25H2,1H3,(H,42,46)/b20-18+/t30-/m1/s1. The van der Waals surface area contributed by atoms with Crippen LogP contribution in [0, 0.1) is 6.92 Å². The van der Waals surface area contributed by atoms with Crippen LogP contribution in [0.3, 0.4) is 0 Å². The molecule has 1 aliphatic heterocycles. The zero-order chi connectivity index (χ0) is 34.8. The average Bonchev–Trinajstić information content (AvgIpc) is 3.55. The Bertz CT molecular complexity index is 2460. The molecule has 248 valence electrons. The number of halogens is 1. The van der Waals surface area contributed by atoms with E-state index in [1.807, 2.05) is 97.9 Å². The summed E-state index contributed by atoms with van der Waals surface area (Å²) in [5.74, 6) is -0.522. The number of para-hydroxylation sites is 1. The van der Waals surface area contributed by atoms with Crippen molar-refractivity contribution in [3.05, 3.63) is 171 Å². The number of rotatable bonds is 8. The molecule has 0 saturated carbocycles. The molecule has 0 aliphatic carbocycles. The minimum absolute atomic E-state index is 0.0751. The lowest BCUT2D eigenvalue weighted by atomic mass is 9.92. The summed E-state index contributed by atoms with van der Waals surface area (Å²) < 4.78 is 30.2. The molecule has 8 nitrogen and oxygen atoms in total. The summed E-state index contributed by atoms with van der Waals surface area (Å²) in [5.41, 5.74) is 4.75. The number of hydrogen-bond donors (Lipinski definition) is 2. The van der Waals surface area contributed by atoms with E-state index in [1.54, 1.807) is 36.4 Å². The van der Waals surface area contributed by atoms with Gasteiger partial charge >= 0.3 is 0 Å². The van der Waals surface area contributed by atoms with Crippen molar-refractivity contribution >= 4 is 60.2 Å². The number of nitrogens with zero attached hydrogens (tertiary/aromatic N) is 2. The van der Waals surface area contributed by atoms with Crippen LogP contribution in [0.15, 0.2) is 153 Å². The van der Waals surface area contributed by atoms with Gasteiger partial charge in [0.05, 0.1) is 33.5 Å². The van der Waals surface area contributed by atoms with E-state index in [0.29, 0.717) is 22.4 Å². The number of aryl methyl sites for hydroxylation is 1. The van der Waals surface area contributed by atoms with E-state index in [4.69, 9.17) is 5.10 Å². The molecule has 10 heteroatoms. The Hall–Kier alpha value is -5.58. The first-order valence-electron chi connectivity index (χ1n) is 15.9. The van der Waals surface area contributed by atoms with E-state index < -0.39 is 22.0 Å². The largest absolute Gasteiger partial charge is 0.321 e. The summed E-state index contributed by atoms with van der Waals surface area (Å²) in [5, 5.41) is 7.01. The van der Waals surface area contributed by atoms with Gasteiger partial charge in [0, 0.05) is 27.4 Å². The molecule has 0 radical (unpaired) electrons. The first-order valence-corrected chi connectivity index (χ1v) is 18.2. The maximum absolute atomic E-state index is 14.5. The van der Waals surface area contributed by atoms with Crippen molar-refractivity contribution in [2.24, 2.45) is 5.10 Å².